The van der Waals surface area contributed by atoms with Crippen molar-refractivity contribution in [2.24, 2.45) is 0 Å². The summed E-state index contributed by atoms with van der Waals surface area (Å²) in [4.78, 5) is 48.7. The summed E-state index contributed by atoms with van der Waals surface area (Å²) >= 11 is 0. The summed E-state index contributed by atoms with van der Waals surface area (Å²) in [6.07, 6.45) is 3.56. The van der Waals surface area contributed by atoms with Crippen molar-refractivity contribution in [3.63, 3.8) is 0 Å². The Morgan fingerprint density at radius 1 is 1.22 bits per heavy atom. The van der Waals surface area contributed by atoms with Crippen LogP contribution in [0.4, 0.5) is 0 Å². The summed E-state index contributed by atoms with van der Waals surface area (Å²) in [6.45, 7) is 5.56. The van der Waals surface area contributed by atoms with E-state index in [1.54, 1.807) is 44.4 Å². The molecule has 0 aliphatic heterocycles. The fourth-order valence-corrected chi connectivity index (χ4v) is 3.10. The molecular formula is C20H20N4O3. The van der Waals surface area contributed by atoms with Gasteiger partial charge in [-0.1, -0.05) is 13.0 Å². The van der Waals surface area contributed by atoms with Crippen LogP contribution >= 0.6 is 0 Å². The van der Waals surface area contributed by atoms with Gasteiger partial charge in [0.15, 0.2) is 0 Å². The number of carbonyl (C=O) groups is 1. The van der Waals surface area contributed by atoms with Crippen LogP contribution < -0.4 is 11.2 Å². The van der Waals surface area contributed by atoms with Gasteiger partial charge in [-0.3, -0.25) is 24.1 Å². The van der Waals surface area contributed by atoms with E-state index in [1.165, 1.54) is 4.57 Å². The van der Waals surface area contributed by atoms with Crippen LogP contribution in [-0.4, -0.2) is 25.3 Å². The molecule has 3 aromatic rings. The molecule has 1 N–H and O–H groups in total. The Labute approximate surface area is 155 Å². The van der Waals surface area contributed by atoms with Gasteiger partial charge in [-0.15, -0.1) is 0 Å². The van der Waals surface area contributed by atoms with Crippen LogP contribution in [0.15, 0.2) is 46.2 Å². The lowest BCUT2D eigenvalue weighted by atomic mass is 10.0. The second-order valence-electron chi connectivity index (χ2n) is 6.39. The second-order valence-corrected chi connectivity index (χ2v) is 6.39. The summed E-state index contributed by atoms with van der Waals surface area (Å²) in [6, 6.07) is 7.08. The van der Waals surface area contributed by atoms with Crippen molar-refractivity contribution >= 4 is 5.78 Å². The predicted molar refractivity (Wildman–Crippen MR) is 101 cm³/mol. The Bertz CT molecular complexity index is 1090. The molecule has 0 aliphatic carbocycles. The maximum Gasteiger partial charge on any atom is 0.329 e. The number of rotatable bonds is 5. The highest BCUT2D eigenvalue weighted by atomic mass is 16.2. The number of nitrogens with zero attached hydrogens (tertiary/aromatic N) is 3. The molecule has 0 saturated heterocycles. The molecule has 3 aromatic heterocycles. The van der Waals surface area contributed by atoms with E-state index in [9.17, 15) is 14.4 Å². The fraction of sp³-hybridized carbons (Fsp3) is 0.250. The van der Waals surface area contributed by atoms with Crippen molar-refractivity contribution in [3.05, 3.63) is 91.3 Å². The van der Waals surface area contributed by atoms with Gasteiger partial charge in [-0.2, -0.15) is 0 Å². The lowest BCUT2D eigenvalue weighted by Gasteiger charge is -2.15. The molecular weight excluding hydrogens is 344 g/mol. The van der Waals surface area contributed by atoms with E-state index in [0.29, 0.717) is 12.1 Å². The number of aryl methyl sites for hydroxylation is 2. The van der Waals surface area contributed by atoms with Gasteiger partial charge in [0.05, 0.1) is 6.54 Å². The van der Waals surface area contributed by atoms with Crippen molar-refractivity contribution in [1.82, 2.24) is 19.5 Å². The van der Waals surface area contributed by atoms with Crippen molar-refractivity contribution in [2.45, 2.75) is 33.7 Å². The van der Waals surface area contributed by atoms with E-state index in [-0.39, 0.29) is 23.5 Å². The normalized spacial score (nSPS) is 10.8. The van der Waals surface area contributed by atoms with Crippen LogP contribution in [0, 0.1) is 13.8 Å². The van der Waals surface area contributed by atoms with E-state index < -0.39 is 17.0 Å². The van der Waals surface area contributed by atoms with Gasteiger partial charge < -0.3 is 0 Å². The van der Waals surface area contributed by atoms with Gasteiger partial charge >= 0.3 is 5.69 Å². The first-order chi connectivity index (χ1) is 12.9. The van der Waals surface area contributed by atoms with Gasteiger partial charge in [-0.05, 0) is 49.6 Å². The standard InChI is InChI=1S/C20H20N4O3/c1-4-15-17(18(25)16-9-12(2)8-13(3)22-16)24(20(27)23-19(15)26)11-14-6-5-7-21-10-14/h5-10H,4,11H2,1-3H3,(H,23,26,27). The smallest absolute Gasteiger partial charge is 0.285 e. The summed E-state index contributed by atoms with van der Waals surface area (Å²) < 4.78 is 1.29. The third-order valence-electron chi connectivity index (χ3n) is 4.26. The van der Waals surface area contributed by atoms with Gasteiger partial charge in [0.1, 0.15) is 11.4 Å². The Hall–Kier alpha value is -3.35. The Balaban J connectivity index is 2.24. The first kappa shape index (κ1) is 18.4. The minimum Gasteiger partial charge on any atom is -0.285 e. The van der Waals surface area contributed by atoms with Crippen LogP contribution in [0.3, 0.4) is 0 Å². The number of pyridine rings is 2. The van der Waals surface area contributed by atoms with E-state index in [2.05, 4.69) is 15.0 Å². The number of H-pyrrole nitrogens is 1. The number of hydrogen-bond donors (Lipinski definition) is 1. The third kappa shape index (κ3) is 3.76. The lowest BCUT2D eigenvalue weighted by Crippen LogP contribution is -2.37. The SMILES string of the molecule is CCc1c(C(=O)c2cc(C)cc(C)n2)n(Cc2cccnc2)c(=O)[nH]c1=O. The topological polar surface area (TPSA) is 97.7 Å². The molecule has 0 unspecified atom stereocenters. The number of nitrogens with one attached hydrogen (secondary N) is 1. The van der Waals surface area contributed by atoms with E-state index in [1.807, 2.05) is 13.0 Å². The molecule has 0 radical (unpaired) electrons. The highest BCUT2D eigenvalue weighted by molar-refractivity contribution is 6.07. The van der Waals surface area contributed by atoms with Gasteiger partial charge in [0.2, 0.25) is 5.78 Å². The second kappa shape index (κ2) is 7.49. The molecule has 0 fully saturated rings. The van der Waals surface area contributed by atoms with E-state index >= 15 is 0 Å². The number of ketones is 1. The van der Waals surface area contributed by atoms with Crippen LogP contribution in [0.1, 0.15) is 45.5 Å². The number of carbonyl (C=O) groups excluding carboxylic acids is 1. The largest absolute Gasteiger partial charge is 0.329 e. The number of aromatic amines is 1. The molecule has 7 nitrogen and oxygen atoms in total. The van der Waals surface area contributed by atoms with Crippen LogP contribution in [0.25, 0.3) is 0 Å². The number of aromatic nitrogens is 4. The van der Waals surface area contributed by atoms with E-state index in [4.69, 9.17) is 0 Å². The predicted octanol–water partition coefficient (Wildman–Crippen LogP) is 1.79. The van der Waals surface area contributed by atoms with Crippen molar-refractivity contribution in [1.29, 1.82) is 0 Å². The van der Waals surface area contributed by atoms with Crippen LogP contribution in [-0.2, 0) is 13.0 Å². The molecule has 0 saturated carbocycles. The Morgan fingerprint density at radius 3 is 2.63 bits per heavy atom. The van der Waals surface area contributed by atoms with Crippen molar-refractivity contribution < 1.29 is 4.79 Å². The Morgan fingerprint density at radius 2 is 2.00 bits per heavy atom. The molecule has 0 atom stereocenters. The summed E-state index contributed by atoms with van der Waals surface area (Å²) in [5.41, 5.74) is 1.71. The quantitative estimate of drug-likeness (QED) is 0.696. The Kier molecular flexibility index (Phi) is 5.12. The van der Waals surface area contributed by atoms with Crippen LogP contribution in [0.5, 0.6) is 0 Å². The molecule has 27 heavy (non-hydrogen) atoms. The summed E-state index contributed by atoms with van der Waals surface area (Å²) in [7, 11) is 0. The maximum absolute atomic E-state index is 13.3. The molecule has 0 amide bonds. The third-order valence-corrected chi connectivity index (χ3v) is 4.26. The van der Waals surface area contributed by atoms with Crippen molar-refractivity contribution in [2.75, 3.05) is 0 Å². The highest BCUT2D eigenvalue weighted by Crippen LogP contribution is 2.14. The molecule has 0 aromatic carbocycles. The minimum atomic E-state index is -0.631. The van der Waals surface area contributed by atoms with Crippen molar-refractivity contribution in [3.8, 4) is 0 Å². The lowest BCUT2D eigenvalue weighted by molar-refractivity contribution is 0.102. The zero-order valence-electron chi connectivity index (χ0n) is 15.4. The zero-order valence-corrected chi connectivity index (χ0v) is 15.4. The van der Waals surface area contributed by atoms with E-state index in [0.717, 1.165) is 11.1 Å². The maximum atomic E-state index is 13.3. The molecule has 138 valence electrons. The molecule has 0 bridgehead atoms. The fourth-order valence-electron chi connectivity index (χ4n) is 3.10. The molecule has 7 heteroatoms. The highest BCUT2D eigenvalue weighted by Gasteiger charge is 2.23. The monoisotopic (exact) mass is 364 g/mol. The average molecular weight is 364 g/mol. The van der Waals surface area contributed by atoms with Gasteiger partial charge in [0, 0.05) is 23.7 Å². The first-order valence-corrected chi connectivity index (χ1v) is 8.65. The summed E-state index contributed by atoms with van der Waals surface area (Å²) in [5.74, 6) is -0.439. The van der Waals surface area contributed by atoms with Gasteiger partial charge in [0.25, 0.3) is 5.56 Å². The molecule has 3 heterocycles. The van der Waals surface area contributed by atoms with Gasteiger partial charge in [-0.25, -0.2) is 9.78 Å². The first-order valence-electron chi connectivity index (χ1n) is 8.65. The molecule has 3 rings (SSSR count). The number of hydrogen-bond acceptors (Lipinski definition) is 5. The molecule has 0 aliphatic rings. The average Bonchev–Trinajstić information content (AvgIpc) is 2.63. The van der Waals surface area contributed by atoms with Crippen LogP contribution in [0.2, 0.25) is 0 Å². The molecule has 0 spiro atoms. The summed E-state index contributed by atoms with van der Waals surface area (Å²) in [5, 5.41) is 0. The minimum absolute atomic E-state index is 0.0765. The zero-order chi connectivity index (χ0) is 19.6.